The molecule has 7 aromatic rings. The Labute approximate surface area is 350 Å². The van der Waals surface area contributed by atoms with Crippen molar-refractivity contribution in [2.75, 3.05) is 31.5 Å². The molecule has 0 atom stereocenters. The van der Waals surface area contributed by atoms with Gasteiger partial charge in [0, 0.05) is 65.8 Å². The second-order valence-electron chi connectivity index (χ2n) is 17.0. The molecule has 2 aliphatic rings. The van der Waals surface area contributed by atoms with Crippen LogP contribution >= 0.6 is 11.6 Å². The molecule has 1 N–H and O–H groups in total. The number of fused-ring (bicyclic) bond motifs is 4. The molecule has 308 valence electrons. The lowest BCUT2D eigenvalue weighted by Crippen LogP contribution is -2.41. The van der Waals surface area contributed by atoms with Crippen molar-refractivity contribution in [3.05, 3.63) is 134 Å². The number of likely N-dealkylation sites (tertiary alicyclic amines) is 1. The zero-order valence-corrected chi connectivity index (χ0v) is 34.7. The molecule has 5 aromatic heterocycles. The fraction of sp³-hybridized carbons (Fsp3) is 0.333. The molecule has 0 bridgehead atoms. The Bertz CT molecular complexity index is 2840. The van der Waals surface area contributed by atoms with E-state index in [2.05, 4.69) is 41.0 Å². The van der Waals surface area contributed by atoms with Crippen molar-refractivity contribution in [3.8, 4) is 5.69 Å². The number of aromatic nitrogens is 7. The van der Waals surface area contributed by atoms with E-state index in [9.17, 15) is 14.0 Å². The van der Waals surface area contributed by atoms with Crippen LogP contribution in [0.5, 0.6) is 0 Å². The molecule has 1 saturated heterocycles. The van der Waals surface area contributed by atoms with Crippen LogP contribution in [-0.2, 0) is 19.5 Å². The summed E-state index contributed by atoms with van der Waals surface area (Å²) in [6.45, 7) is 12.1. The third-order valence-electron chi connectivity index (χ3n) is 11.5. The monoisotopic (exact) mass is 830 g/mol. The highest BCUT2D eigenvalue weighted by molar-refractivity contribution is 6.30. The largest absolute Gasteiger partial charge is 0.335 e. The number of piperidine rings is 1. The number of amides is 1. The summed E-state index contributed by atoms with van der Waals surface area (Å²) in [5, 5.41) is 4.42. The molecule has 12 nitrogen and oxygen atoms in total. The zero-order chi connectivity index (χ0) is 41.9. The van der Waals surface area contributed by atoms with E-state index in [1.54, 1.807) is 62.8 Å². The third kappa shape index (κ3) is 7.54. The van der Waals surface area contributed by atoms with Crippen LogP contribution in [0.2, 0.25) is 5.02 Å². The van der Waals surface area contributed by atoms with Gasteiger partial charge in [-0.1, -0.05) is 44.5 Å². The number of pyridine rings is 2. The first kappa shape index (κ1) is 39.5. The number of imidazole rings is 1. The highest BCUT2D eigenvalue weighted by Crippen LogP contribution is 2.33. The summed E-state index contributed by atoms with van der Waals surface area (Å²) in [5.74, 6) is -0.820. The summed E-state index contributed by atoms with van der Waals surface area (Å²) >= 11 is 6.05. The summed E-state index contributed by atoms with van der Waals surface area (Å²) < 4.78 is 34.4. The molecule has 9 rings (SSSR count). The zero-order valence-electron chi connectivity index (χ0n) is 33.9. The predicted octanol–water partition coefficient (Wildman–Crippen LogP) is 8.24. The molecular weight excluding hydrogens is 786 g/mol. The van der Waals surface area contributed by atoms with Crippen LogP contribution in [0.25, 0.3) is 27.9 Å². The van der Waals surface area contributed by atoms with Gasteiger partial charge in [-0.15, -0.1) is 0 Å². The number of rotatable bonds is 8. The fourth-order valence-corrected chi connectivity index (χ4v) is 8.99. The minimum atomic E-state index is -0.409. The maximum absolute atomic E-state index is 15.0. The number of hydrogen-bond acceptors (Lipinski definition) is 8. The van der Waals surface area contributed by atoms with Gasteiger partial charge < -0.3 is 19.7 Å². The van der Waals surface area contributed by atoms with Crippen molar-refractivity contribution < 1.29 is 13.6 Å². The summed E-state index contributed by atoms with van der Waals surface area (Å²) in [5.41, 5.74) is 5.77. The quantitative estimate of drug-likeness (QED) is 0.163. The van der Waals surface area contributed by atoms with E-state index in [4.69, 9.17) is 21.6 Å². The average Bonchev–Trinajstić information content (AvgIpc) is 3.69. The van der Waals surface area contributed by atoms with E-state index in [1.807, 2.05) is 23.6 Å². The molecule has 1 fully saturated rings. The molecule has 0 aliphatic carbocycles. The number of halogens is 3. The average molecular weight is 831 g/mol. The van der Waals surface area contributed by atoms with Crippen molar-refractivity contribution in [3.63, 3.8) is 0 Å². The van der Waals surface area contributed by atoms with Crippen LogP contribution in [0.4, 0.5) is 20.4 Å². The third-order valence-corrected chi connectivity index (χ3v) is 11.7. The van der Waals surface area contributed by atoms with E-state index in [0.29, 0.717) is 51.8 Å². The van der Waals surface area contributed by atoms with Crippen LogP contribution in [0, 0.1) is 24.0 Å². The van der Waals surface area contributed by atoms with Gasteiger partial charge in [0.15, 0.2) is 5.65 Å². The van der Waals surface area contributed by atoms with E-state index in [-0.39, 0.29) is 47.8 Å². The summed E-state index contributed by atoms with van der Waals surface area (Å²) in [6.07, 6.45) is 5.38. The molecule has 0 unspecified atom stereocenters. The van der Waals surface area contributed by atoms with Gasteiger partial charge in [0.2, 0.25) is 5.95 Å². The van der Waals surface area contributed by atoms with Gasteiger partial charge in [0.25, 0.3) is 5.91 Å². The summed E-state index contributed by atoms with van der Waals surface area (Å²) in [6, 6.07) is 17.9. The van der Waals surface area contributed by atoms with Gasteiger partial charge in [-0.25, -0.2) is 28.5 Å². The Balaban J connectivity index is 1.03. The van der Waals surface area contributed by atoms with Crippen molar-refractivity contribution in [1.29, 1.82) is 0 Å². The second kappa shape index (κ2) is 15.6. The highest BCUT2D eigenvalue weighted by atomic mass is 35.5. The van der Waals surface area contributed by atoms with Crippen LogP contribution < -0.4 is 11.0 Å². The normalized spacial score (nSPS) is 15.2. The van der Waals surface area contributed by atoms with Crippen LogP contribution in [0.1, 0.15) is 72.7 Å². The van der Waals surface area contributed by atoms with Crippen LogP contribution in [-0.4, -0.2) is 75.5 Å². The molecule has 0 radical (unpaired) electrons. The SMILES string of the molecule is Cc1nc(Nc2cccc(F)c2)nc2c1n(-c1ccc(C(=O)N3CCc4c(n(Cc5ccc(Cl)cc5F)c5ncccc45)C3)nc1)c(=O)n2C1CCN(CC(C)(C)C)CC1. The number of benzene rings is 2. The molecule has 7 heterocycles. The Hall–Kier alpha value is -5.99. The number of carbonyl (C=O) groups excluding carboxylic acids is 1. The van der Waals surface area contributed by atoms with Gasteiger partial charge in [0.1, 0.15) is 28.5 Å². The van der Waals surface area contributed by atoms with Gasteiger partial charge in [-0.05, 0) is 91.8 Å². The molecule has 2 aromatic carbocycles. The lowest BCUT2D eigenvalue weighted by atomic mass is 9.94. The fourth-order valence-electron chi connectivity index (χ4n) is 8.83. The van der Waals surface area contributed by atoms with E-state index in [1.165, 1.54) is 18.2 Å². The maximum atomic E-state index is 15.0. The van der Waals surface area contributed by atoms with Crippen molar-refractivity contribution in [2.45, 2.75) is 66.1 Å². The van der Waals surface area contributed by atoms with Crippen LogP contribution in [0.15, 0.2) is 83.9 Å². The molecule has 0 saturated carbocycles. The molecule has 15 heteroatoms. The minimum absolute atomic E-state index is 0.117. The minimum Gasteiger partial charge on any atom is -0.331 e. The lowest BCUT2D eigenvalue weighted by Gasteiger charge is -2.36. The van der Waals surface area contributed by atoms with E-state index in [0.717, 1.165) is 54.8 Å². The van der Waals surface area contributed by atoms with E-state index >= 15 is 4.39 Å². The molecule has 2 aliphatic heterocycles. The topological polar surface area (TPSA) is 119 Å². The van der Waals surface area contributed by atoms with Gasteiger partial charge in [0.05, 0.1) is 30.7 Å². The smallest absolute Gasteiger partial charge is 0.331 e. The van der Waals surface area contributed by atoms with E-state index < -0.39 is 11.6 Å². The van der Waals surface area contributed by atoms with Crippen molar-refractivity contribution in [1.82, 2.24) is 43.4 Å². The Morgan fingerprint density at radius 1 is 0.950 bits per heavy atom. The van der Waals surface area contributed by atoms with Gasteiger partial charge in [-0.3, -0.25) is 13.9 Å². The molecular formula is C45H45ClF2N10O2. The molecule has 60 heavy (non-hydrogen) atoms. The second-order valence-corrected chi connectivity index (χ2v) is 17.4. The maximum Gasteiger partial charge on any atom is 0.335 e. The predicted molar refractivity (Wildman–Crippen MR) is 228 cm³/mol. The molecule has 0 spiro atoms. The first-order valence-corrected chi connectivity index (χ1v) is 20.6. The molecule has 1 amide bonds. The van der Waals surface area contributed by atoms with Crippen molar-refractivity contribution >= 4 is 51.3 Å². The number of aryl methyl sites for hydroxylation is 1. The number of nitrogens with zero attached hydrogens (tertiary/aromatic N) is 9. The van der Waals surface area contributed by atoms with Gasteiger partial charge in [-0.2, -0.15) is 4.98 Å². The first-order valence-electron chi connectivity index (χ1n) is 20.2. The first-order chi connectivity index (χ1) is 28.8. The number of nitrogens with one attached hydrogen (secondary N) is 1. The summed E-state index contributed by atoms with van der Waals surface area (Å²) in [7, 11) is 0. The number of hydrogen-bond donors (Lipinski definition) is 1. The lowest BCUT2D eigenvalue weighted by molar-refractivity contribution is 0.0724. The van der Waals surface area contributed by atoms with Crippen LogP contribution in [0.3, 0.4) is 0 Å². The summed E-state index contributed by atoms with van der Waals surface area (Å²) in [4.78, 5) is 51.8. The highest BCUT2D eigenvalue weighted by Gasteiger charge is 2.31. The standard InChI is InChI=1S/C45H45ClF2N10O2/c1-27-39-41(53-43(51-27)52-31-8-5-7-30(47)22-31)58(32-14-18-54(19-15-32)26-45(2,3)4)44(60)57(39)33-12-13-37(50-23-33)42(59)55-20-16-34-35-9-6-17-49-40(35)56(38(34)25-55)24-28-10-11-29(46)21-36(28)48/h5-13,17,21-23,32H,14-16,18-20,24-26H2,1-4H3,(H,51,52,53). The Morgan fingerprint density at radius 3 is 2.50 bits per heavy atom. The van der Waals surface area contributed by atoms with Crippen molar-refractivity contribution in [2.24, 2.45) is 5.41 Å². The van der Waals surface area contributed by atoms with Gasteiger partial charge >= 0.3 is 5.69 Å². The Morgan fingerprint density at radius 2 is 1.77 bits per heavy atom. The number of anilines is 2. The Kier molecular flexibility index (Phi) is 10.2. The number of carbonyl (C=O) groups is 1.